The van der Waals surface area contributed by atoms with Gasteiger partial charge >= 0.3 is 0 Å². The third-order valence-corrected chi connectivity index (χ3v) is 3.36. The van der Waals surface area contributed by atoms with Gasteiger partial charge in [-0.2, -0.15) is 5.26 Å². The second kappa shape index (κ2) is 10.1. The number of nitriles is 1. The lowest BCUT2D eigenvalue weighted by Gasteiger charge is -2.11. The molecule has 25 heavy (non-hydrogen) atoms. The molecular formula is C22H26N2O. The molecule has 0 fully saturated rings. The summed E-state index contributed by atoms with van der Waals surface area (Å²) in [5.74, 6) is 0.653. The number of rotatable bonds is 5. The van der Waals surface area contributed by atoms with Crippen LogP contribution in [0.25, 0.3) is 6.08 Å². The quantitative estimate of drug-likeness (QED) is 0.686. The summed E-state index contributed by atoms with van der Waals surface area (Å²) >= 11 is 0. The molecule has 0 aliphatic heterocycles. The van der Waals surface area contributed by atoms with Gasteiger partial charge in [-0.25, -0.2) is 0 Å². The molecule has 0 aliphatic carbocycles. The Hall–Kier alpha value is -2.86. The van der Waals surface area contributed by atoms with Crippen molar-refractivity contribution in [3.63, 3.8) is 0 Å². The van der Waals surface area contributed by atoms with E-state index in [1.165, 1.54) is 11.1 Å². The number of hydrogen-bond acceptors (Lipinski definition) is 3. The van der Waals surface area contributed by atoms with Gasteiger partial charge in [-0.3, -0.25) is 4.98 Å². The van der Waals surface area contributed by atoms with E-state index in [-0.39, 0.29) is 6.10 Å². The Bertz CT molecular complexity index is 770. The first-order chi connectivity index (χ1) is 11.9. The molecule has 0 aliphatic rings. The highest BCUT2D eigenvalue weighted by atomic mass is 16.5. The van der Waals surface area contributed by atoms with Gasteiger partial charge < -0.3 is 4.74 Å². The fourth-order valence-corrected chi connectivity index (χ4v) is 2.25. The number of nitrogens with zero attached hydrogens (tertiary/aromatic N) is 2. The van der Waals surface area contributed by atoms with Crippen molar-refractivity contribution in [2.24, 2.45) is 0 Å². The Morgan fingerprint density at radius 2 is 1.96 bits per heavy atom. The van der Waals surface area contributed by atoms with Crippen LogP contribution < -0.4 is 4.74 Å². The molecule has 3 heteroatoms. The maximum absolute atomic E-state index is 8.97. The van der Waals surface area contributed by atoms with Crippen LogP contribution in [-0.2, 0) is 6.42 Å². The van der Waals surface area contributed by atoms with E-state index in [9.17, 15) is 0 Å². The van der Waals surface area contributed by atoms with E-state index in [4.69, 9.17) is 10.00 Å². The van der Waals surface area contributed by atoms with Gasteiger partial charge in [-0.15, -0.1) is 6.58 Å². The summed E-state index contributed by atoms with van der Waals surface area (Å²) in [6.45, 7) is 15.3. The number of benzene rings is 1. The van der Waals surface area contributed by atoms with Gasteiger partial charge in [0.2, 0.25) is 0 Å². The zero-order valence-corrected chi connectivity index (χ0v) is 15.5. The summed E-state index contributed by atoms with van der Waals surface area (Å²) in [7, 11) is 0. The highest BCUT2D eigenvalue weighted by molar-refractivity contribution is 5.47. The van der Waals surface area contributed by atoms with Crippen LogP contribution in [0, 0.1) is 25.2 Å². The van der Waals surface area contributed by atoms with Gasteiger partial charge in [0.05, 0.1) is 17.4 Å². The van der Waals surface area contributed by atoms with Crippen molar-refractivity contribution in [2.75, 3.05) is 0 Å². The first-order valence-electron chi connectivity index (χ1n) is 8.27. The first-order valence-corrected chi connectivity index (χ1v) is 8.27. The second-order valence-corrected chi connectivity index (χ2v) is 6.02. The van der Waals surface area contributed by atoms with E-state index < -0.39 is 0 Å². The lowest BCUT2D eigenvalue weighted by molar-refractivity contribution is 0.241. The molecule has 0 saturated heterocycles. The van der Waals surface area contributed by atoms with Gasteiger partial charge in [0.1, 0.15) is 11.8 Å². The number of aryl methyl sites for hydroxylation is 2. The van der Waals surface area contributed by atoms with Crippen molar-refractivity contribution in [3.05, 3.63) is 77.6 Å². The van der Waals surface area contributed by atoms with Crippen molar-refractivity contribution < 1.29 is 4.74 Å². The minimum absolute atomic E-state index is 0.0855. The molecule has 1 heterocycles. The van der Waals surface area contributed by atoms with E-state index in [1.54, 1.807) is 6.08 Å². The van der Waals surface area contributed by atoms with Crippen molar-refractivity contribution in [3.8, 4) is 11.8 Å². The smallest absolute Gasteiger partial charge is 0.137 e. The zero-order chi connectivity index (χ0) is 18.8. The standard InChI is InChI=1S/C13H15NO.C9H11N/c1-4-5-11-6-7-13(15-10(2)3)12(8-11)9-14;1-4-9-8(3)5-7(2)6-10-9/h4,6-8,10H,1,5H2,2-3H3;4-6H,1H2,2-3H3. The minimum atomic E-state index is 0.0855. The largest absolute Gasteiger partial charge is 0.490 e. The van der Waals surface area contributed by atoms with Gasteiger partial charge in [0.25, 0.3) is 0 Å². The van der Waals surface area contributed by atoms with Crippen LogP contribution in [-0.4, -0.2) is 11.1 Å². The SMILES string of the molecule is C=CCc1ccc(OC(C)C)c(C#N)c1.C=Cc1ncc(C)cc1C. The van der Waals surface area contributed by atoms with E-state index >= 15 is 0 Å². The van der Waals surface area contributed by atoms with Gasteiger partial charge in [-0.05, 0) is 69.0 Å². The lowest BCUT2D eigenvalue weighted by Crippen LogP contribution is -2.06. The summed E-state index contributed by atoms with van der Waals surface area (Å²) in [4.78, 5) is 4.18. The van der Waals surface area contributed by atoms with Crippen molar-refractivity contribution in [1.29, 1.82) is 5.26 Å². The second-order valence-electron chi connectivity index (χ2n) is 6.02. The number of ether oxygens (including phenoxy) is 1. The third-order valence-electron chi connectivity index (χ3n) is 3.36. The average Bonchev–Trinajstić information content (AvgIpc) is 2.57. The molecule has 3 nitrogen and oxygen atoms in total. The molecular weight excluding hydrogens is 308 g/mol. The maximum Gasteiger partial charge on any atom is 0.137 e. The van der Waals surface area contributed by atoms with Crippen LogP contribution in [0.15, 0.2) is 49.7 Å². The number of pyridine rings is 1. The molecule has 0 bridgehead atoms. The van der Waals surface area contributed by atoms with Crippen LogP contribution in [0.5, 0.6) is 5.75 Å². The highest BCUT2D eigenvalue weighted by Crippen LogP contribution is 2.21. The molecule has 2 rings (SSSR count). The Labute approximate surface area is 151 Å². The predicted octanol–water partition coefficient (Wildman–Crippen LogP) is 5.42. The van der Waals surface area contributed by atoms with E-state index in [1.807, 2.05) is 58.2 Å². The topological polar surface area (TPSA) is 45.9 Å². The zero-order valence-electron chi connectivity index (χ0n) is 15.5. The molecule has 0 atom stereocenters. The molecule has 0 unspecified atom stereocenters. The third kappa shape index (κ3) is 6.64. The van der Waals surface area contributed by atoms with E-state index in [0.29, 0.717) is 11.3 Å². The summed E-state index contributed by atoms with van der Waals surface area (Å²) in [5.41, 5.74) is 5.03. The molecule has 0 amide bonds. The summed E-state index contributed by atoms with van der Waals surface area (Å²) < 4.78 is 5.52. The van der Waals surface area contributed by atoms with Crippen LogP contribution in [0.4, 0.5) is 0 Å². The Kier molecular flexibility index (Phi) is 8.15. The Balaban J connectivity index is 0.000000271. The fraction of sp³-hybridized carbons (Fsp3) is 0.273. The maximum atomic E-state index is 8.97. The minimum Gasteiger partial charge on any atom is -0.490 e. The first kappa shape index (κ1) is 20.2. The van der Waals surface area contributed by atoms with Gasteiger partial charge in [0.15, 0.2) is 0 Å². The van der Waals surface area contributed by atoms with Crippen molar-refractivity contribution in [2.45, 2.75) is 40.2 Å². The van der Waals surface area contributed by atoms with E-state index in [2.05, 4.69) is 30.3 Å². The summed E-state index contributed by atoms with van der Waals surface area (Å²) in [5, 5.41) is 8.97. The molecule has 1 aromatic carbocycles. The summed E-state index contributed by atoms with van der Waals surface area (Å²) in [6, 6.07) is 9.89. The average molecular weight is 334 g/mol. The van der Waals surface area contributed by atoms with Crippen LogP contribution in [0.3, 0.4) is 0 Å². The molecule has 0 saturated carbocycles. The van der Waals surface area contributed by atoms with Gasteiger partial charge in [0, 0.05) is 6.20 Å². The molecule has 2 aromatic rings. The summed E-state index contributed by atoms with van der Waals surface area (Å²) in [6.07, 6.45) is 6.30. The van der Waals surface area contributed by atoms with Crippen LogP contribution in [0.2, 0.25) is 0 Å². The molecule has 0 N–H and O–H groups in total. The lowest BCUT2D eigenvalue weighted by atomic mass is 10.1. The molecule has 0 radical (unpaired) electrons. The number of allylic oxidation sites excluding steroid dienone is 1. The van der Waals surface area contributed by atoms with Crippen molar-refractivity contribution >= 4 is 6.08 Å². The number of hydrogen-bond donors (Lipinski definition) is 0. The molecule has 130 valence electrons. The number of aromatic nitrogens is 1. The van der Waals surface area contributed by atoms with Crippen LogP contribution >= 0.6 is 0 Å². The normalized spacial score (nSPS) is 9.60. The highest BCUT2D eigenvalue weighted by Gasteiger charge is 2.05. The molecule has 1 aromatic heterocycles. The monoisotopic (exact) mass is 334 g/mol. The predicted molar refractivity (Wildman–Crippen MR) is 105 cm³/mol. The van der Waals surface area contributed by atoms with Crippen molar-refractivity contribution in [1.82, 2.24) is 4.98 Å². The molecule has 0 spiro atoms. The Morgan fingerprint density at radius 1 is 1.24 bits per heavy atom. The van der Waals surface area contributed by atoms with E-state index in [0.717, 1.165) is 17.7 Å². The fourth-order valence-electron chi connectivity index (χ4n) is 2.25. The van der Waals surface area contributed by atoms with Gasteiger partial charge in [-0.1, -0.05) is 24.8 Å². The Morgan fingerprint density at radius 3 is 2.48 bits per heavy atom. The van der Waals surface area contributed by atoms with Crippen LogP contribution in [0.1, 0.15) is 41.8 Å².